The minimum atomic E-state index is 0.274. The molecule has 2 N–H and O–H groups in total. The van der Waals surface area contributed by atoms with Crippen LogP contribution in [0.25, 0.3) is 0 Å². The van der Waals surface area contributed by atoms with Crippen molar-refractivity contribution in [2.24, 2.45) is 7.05 Å². The number of nitrogens with two attached hydrogens (primary N) is 1. The summed E-state index contributed by atoms with van der Waals surface area (Å²) in [5.74, 6) is 0.590. The first-order valence-electron chi connectivity index (χ1n) is 5.11. The van der Waals surface area contributed by atoms with Crippen LogP contribution in [0.5, 0.6) is 5.88 Å². The van der Waals surface area contributed by atoms with Gasteiger partial charge in [-0.2, -0.15) is 5.26 Å². The fourth-order valence-electron chi connectivity index (χ4n) is 1.44. The number of benzene rings is 1. The lowest BCUT2D eigenvalue weighted by molar-refractivity contribution is 0.290. The Kier molecular flexibility index (Phi) is 2.97. The summed E-state index contributed by atoms with van der Waals surface area (Å²) in [5, 5.41) is 13.0. The lowest BCUT2D eigenvalue weighted by Crippen LogP contribution is -1.98. The Hall–Kier alpha value is -2.48. The van der Waals surface area contributed by atoms with Gasteiger partial charge in [0.2, 0.25) is 0 Å². The van der Waals surface area contributed by atoms with Gasteiger partial charge in [0.15, 0.2) is 5.56 Å². The van der Waals surface area contributed by atoms with Gasteiger partial charge < -0.3 is 10.5 Å². The van der Waals surface area contributed by atoms with Gasteiger partial charge in [-0.3, -0.25) is 0 Å². The molecule has 0 aliphatic rings. The second-order valence-electron chi connectivity index (χ2n) is 3.58. The first-order chi connectivity index (χ1) is 8.22. The molecule has 0 bridgehead atoms. The average Bonchev–Trinajstić information content (AvgIpc) is 2.63. The normalized spacial score (nSPS) is 9.88. The van der Waals surface area contributed by atoms with Crippen molar-refractivity contribution in [3.05, 3.63) is 41.5 Å². The number of rotatable bonds is 3. The first kappa shape index (κ1) is 11.0. The maximum atomic E-state index is 8.95. The van der Waals surface area contributed by atoms with Gasteiger partial charge in [-0.05, 0) is 5.56 Å². The predicted octanol–water partition coefficient (Wildman–Crippen LogP) is 1.45. The van der Waals surface area contributed by atoms with Crippen molar-refractivity contribution >= 4 is 5.82 Å². The zero-order chi connectivity index (χ0) is 12.3. The third-order valence-electron chi connectivity index (χ3n) is 2.39. The van der Waals surface area contributed by atoms with Crippen LogP contribution in [0.3, 0.4) is 0 Å². The molecule has 0 saturated carbocycles. The van der Waals surface area contributed by atoms with Crippen molar-refractivity contribution in [2.45, 2.75) is 6.61 Å². The zero-order valence-corrected chi connectivity index (χ0v) is 9.42. The Bertz CT molecular complexity index is 554. The van der Waals surface area contributed by atoms with Crippen LogP contribution in [-0.2, 0) is 13.7 Å². The van der Waals surface area contributed by atoms with Crippen LogP contribution in [0.4, 0.5) is 5.82 Å². The SMILES string of the molecule is Cn1nc(OCc2ccccc2)c(C#N)c1N. The van der Waals surface area contributed by atoms with Gasteiger partial charge in [-0.15, -0.1) is 5.10 Å². The third kappa shape index (κ3) is 2.21. The van der Waals surface area contributed by atoms with Crippen LogP contribution in [0.1, 0.15) is 11.1 Å². The fourth-order valence-corrected chi connectivity index (χ4v) is 1.44. The molecule has 0 unspecified atom stereocenters. The predicted molar refractivity (Wildman–Crippen MR) is 63.1 cm³/mol. The van der Waals surface area contributed by atoms with E-state index >= 15 is 0 Å². The molecule has 2 rings (SSSR count). The highest BCUT2D eigenvalue weighted by atomic mass is 16.5. The largest absolute Gasteiger partial charge is 0.471 e. The van der Waals surface area contributed by atoms with Crippen molar-refractivity contribution < 1.29 is 4.74 Å². The molecule has 5 nitrogen and oxygen atoms in total. The molecule has 0 aliphatic heterocycles. The van der Waals surface area contributed by atoms with E-state index in [0.29, 0.717) is 12.4 Å². The standard InChI is InChI=1S/C12H12N4O/c1-16-11(14)10(7-13)12(15-16)17-8-9-5-3-2-4-6-9/h2-6H,8,14H2,1H3. The van der Waals surface area contributed by atoms with E-state index in [4.69, 9.17) is 15.7 Å². The summed E-state index contributed by atoms with van der Waals surface area (Å²) in [6.07, 6.45) is 0. The van der Waals surface area contributed by atoms with Gasteiger partial charge >= 0.3 is 0 Å². The molecular formula is C12H12N4O. The number of nitriles is 1. The lowest BCUT2D eigenvalue weighted by atomic mass is 10.2. The minimum absolute atomic E-state index is 0.274. The molecule has 2 aromatic rings. The summed E-state index contributed by atoms with van der Waals surface area (Å²) >= 11 is 0. The summed E-state index contributed by atoms with van der Waals surface area (Å²) < 4.78 is 6.91. The number of ether oxygens (including phenoxy) is 1. The smallest absolute Gasteiger partial charge is 0.253 e. The Morgan fingerprint density at radius 2 is 2.12 bits per heavy atom. The second kappa shape index (κ2) is 4.58. The van der Waals surface area contributed by atoms with Crippen LogP contribution < -0.4 is 10.5 Å². The number of hydrogen-bond donors (Lipinski definition) is 1. The third-order valence-corrected chi connectivity index (χ3v) is 2.39. The lowest BCUT2D eigenvalue weighted by Gasteiger charge is -2.02. The summed E-state index contributed by atoms with van der Waals surface area (Å²) in [5.41, 5.74) is 6.98. The number of nitrogens with zero attached hydrogens (tertiary/aromatic N) is 3. The van der Waals surface area contributed by atoms with E-state index in [1.54, 1.807) is 7.05 Å². The maximum Gasteiger partial charge on any atom is 0.253 e. The van der Waals surface area contributed by atoms with Gasteiger partial charge in [0.05, 0.1) is 0 Å². The van der Waals surface area contributed by atoms with Crippen molar-refractivity contribution in [3.8, 4) is 11.9 Å². The molecule has 1 aromatic heterocycles. The maximum absolute atomic E-state index is 8.95. The van der Waals surface area contributed by atoms with E-state index in [1.807, 2.05) is 36.4 Å². The van der Waals surface area contributed by atoms with Gasteiger partial charge in [-0.25, -0.2) is 4.68 Å². The quantitative estimate of drug-likeness (QED) is 0.862. The molecule has 0 saturated heterocycles. The van der Waals surface area contributed by atoms with E-state index in [2.05, 4.69) is 5.10 Å². The molecule has 0 radical (unpaired) electrons. The fraction of sp³-hybridized carbons (Fsp3) is 0.167. The van der Waals surface area contributed by atoms with E-state index in [0.717, 1.165) is 5.56 Å². The van der Waals surface area contributed by atoms with Crippen molar-refractivity contribution in [3.63, 3.8) is 0 Å². The van der Waals surface area contributed by atoms with Crippen molar-refractivity contribution in [1.82, 2.24) is 9.78 Å². The Labute approximate surface area is 99.0 Å². The van der Waals surface area contributed by atoms with E-state index < -0.39 is 0 Å². The highest BCUT2D eigenvalue weighted by Crippen LogP contribution is 2.22. The zero-order valence-electron chi connectivity index (χ0n) is 9.42. The van der Waals surface area contributed by atoms with Crippen LogP contribution >= 0.6 is 0 Å². The molecule has 5 heteroatoms. The average molecular weight is 228 g/mol. The van der Waals surface area contributed by atoms with Crippen LogP contribution in [-0.4, -0.2) is 9.78 Å². The number of nitrogen functional groups attached to an aromatic ring is 1. The molecule has 0 aliphatic carbocycles. The summed E-state index contributed by atoms with van der Waals surface area (Å²) in [4.78, 5) is 0. The molecule has 17 heavy (non-hydrogen) atoms. The van der Waals surface area contributed by atoms with Crippen LogP contribution in [0.15, 0.2) is 30.3 Å². The molecule has 1 aromatic carbocycles. The molecule has 86 valence electrons. The molecular weight excluding hydrogens is 216 g/mol. The number of hydrogen-bond acceptors (Lipinski definition) is 4. The van der Waals surface area contributed by atoms with Gasteiger partial charge in [0.25, 0.3) is 5.88 Å². The van der Waals surface area contributed by atoms with E-state index in [1.165, 1.54) is 4.68 Å². The Morgan fingerprint density at radius 1 is 1.41 bits per heavy atom. The summed E-state index contributed by atoms with van der Waals surface area (Å²) in [6.45, 7) is 0.367. The molecule has 0 spiro atoms. The molecule has 0 atom stereocenters. The monoisotopic (exact) mass is 228 g/mol. The van der Waals surface area contributed by atoms with Crippen molar-refractivity contribution in [2.75, 3.05) is 5.73 Å². The van der Waals surface area contributed by atoms with Gasteiger partial charge in [0, 0.05) is 7.05 Å². The Morgan fingerprint density at radius 3 is 2.76 bits per heavy atom. The minimum Gasteiger partial charge on any atom is -0.471 e. The van der Waals surface area contributed by atoms with Crippen LogP contribution in [0, 0.1) is 11.3 Å². The van der Waals surface area contributed by atoms with Crippen molar-refractivity contribution in [1.29, 1.82) is 5.26 Å². The van der Waals surface area contributed by atoms with Crippen LogP contribution in [0.2, 0.25) is 0 Å². The number of aromatic nitrogens is 2. The van der Waals surface area contributed by atoms with E-state index in [-0.39, 0.29) is 11.4 Å². The summed E-state index contributed by atoms with van der Waals surface area (Å²) in [6, 6.07) is 11.7. The number of aryl methyl sites for hydroxylation is 1. The van der Waals surface area contributed by atoms with Gasteiger partial charge in [-0.1, -0.05) is 30.3 Å². The molecule has 0 fully saturated rings. The highest BCUT2D eigenvalue weighted by molar-refractivity contribution is 5.54. The topological polar surface area (TPSA) is 76.9 Å². The molecule has 0 amide bonds. The Balaban J connectivity index is 2.15. The van der Waals surface area contributed by atoms with E-state index in [9.17, 15) is 0 Å². The molecule has 1 heterocycles. The second-order valence-corrected chi connectivity index (χ2v) is 3.58. The van der Waals surface area contributed by atoms with Gasteiger partial charge in [0.1, 0.15) is 18.5 Å². The summed E-state index contributed by atoms with van der Waals surface area (Å²) in [7, 11) is 1.67. The number of anilines is 1. The highest BCUT2D eigenvalue weighted by Gasteiger charge is 2.14. The first-order valence-corrected chi connectivity index (χ1v) is 5.11.